The lowest BCUT2D eigenvalue weighted by atomic mass is 9.67. The molecule has 1 aromatic carbocycles. The summed E-state index contributed by atoms with van der Waals surface area (Å²) in [6.07, 6.45) is 4.86. The number of aryl methyl sites for hydroxylation is 2. The fourth-order valence-electron chi connectivity index (χ4n) is 3.08. The van der Waals surface area contributed by atoms with Crippen LogP contribution in [0, 0.1) is 19.3 Å². The van der Waals surface area contributed by atoms with Crippen molar-refractivity contribution in [3.63, 3.8) is 0 Å². The number of guanidine groups is 1. The summed E-state index contributed by atoms with van der Waals surface area (Å²) in [6, 6.07) is 6.32. The van der Waals surface area contributed by atoms with E-state index in [1.807, 2.05) is 6.92 Å². The second-order valence-electron chi connectivity index (χ2n) is 6.50. The molecule has 0 aliphatic heterocycles. The quantitative estimate of drug-likeness (QED) is 0.459. The van der Waals surface area contributed by atoms with E-state index in [0.29, 0.717) is 11.4 Å². The molecule has 122 valence electrons. The lowest BCUT2D eigenvalue weighted by molar-refractivity contribution is 0.0610. The number of rotatable bonds is 7. The van der Waals surface area contributed by atoms with Gasteiger partial charge in [-0.1, -0.05) is 12.5 Å². The van der Waals surface area contributed by atoms with E-state index in [1.165, 1.54) is 30.4 Å². The molecule has 1 saturated carbocycles. The molecule has 1 aliphatic carbocycles. The Morgan fingerprint density at radius 3 is 2.50 bits per heavy atom. The minimum absolute atomic E-state index is 0.310. The van der Waals surface area contributed by atoms with Crippen molar-refractivity contribution in [3.05, 3.63) is 29.3 Å². The van der Waals surface area contributed by atoms with Crippen molar-refractivity contribution < 1.29 is 4.74 Å². The van der Waals surface area contributed by atoms with E-state index in [9.17, 15) is 0 Å². The minimum atomic E-state index is 0.310. The van der Waals surface area contributed by atoms with Gasteiger partial charge in [0.25, 0.3) is 0 Å². The zero-order valence-corrected chi connectivity index (χ0v) is 14.1. The number of nitrogens with zero attached hydrogens (tertiary/aromatic N) is 1. The van der Waals surface area contributed by atoms with Crippen molar-refractivity contribution >= 4 is 11.6 Å². The third-order valence-electron chi connectivity index (χ3n) is 4.47. The molecule has 0 unspecified atom stereocenters. The average Bonchev–Trinajstić information content (AvgIpc) is 2.39. The molecule has 4 nitrogen and oxygen atoms in total. The largest absolute Gasteiger partial charge is 0.382 e. The third kappa shape index (κ3) is 4.73. The minimum Gasteiger partial charge on any atom is -0.382 e. The van der Waals surface area contributed by atoms with Crippen LogP contribution in [0.4, 0.5) is 5.69 Å². The number of ether oxygens (including phenoxy) is 1. The first-order chi connectivity index (χ1) is 10.5. The monoisotopic (exact) mass is 303 g/mol. The van der Waals surface area contributed by atoms with Crippen LogP contribution in [0.15, 0.2) is 23.2 Å². The summed E-state index contributed by atoms with van der Waals surface area (Å²) in [5.74, 6) is 0.507. The molecular weight excluding hydrogens is 274 g/mol. The van der Waals surface area contributed by atoms with Crippen molar-refractivity contribution in [2.75, 3.05) is 25.1 Å². The van der Waals surface area contributed by atoms with Crippen molar-refractivity contribution in [1.82, 2.24) is 0 Å². The zero-order chi connectivity index (χ0) is 16.0. The molecule has 0 aromatic heterocycles. The Morgan fingerprint density at radius 2 is 1.95 bits per heavy atom. The van der Waals surface area contributed by atoms with E-state index < -0.39 is 0 Å². The van der Waals surface area contributed by atoms with Crippen molar-refractivity contribution in [3.8, 4) is 0 Å². The van der Waals surface area contributed by atoms with Gasteiger partial charge in [0, 0.05) is 25.4 Å². The van der Waals surface area contributed by atoms with Crippen LogP contribution in [-0.4, -0.2) is 25.7 Å². The molecule has 0 heterocycles. The summed E-state index contributed by atoms with van der Waals surface area (Å²) < 4.78 is 5.50. The van der Waals surface area contributed by atoms with Gasteiger partial charge in [0.2, 0.25) is 0 Å². The molecular formula is C18H29N3O. The Hall–Kier alpha value is -1.55. The first kappa shape index (κ1) is 16.8. The summed E-state index contributed by atoms with van der Waals surface area (Å²) in [4.78, 5) is 4.58. The van der Waals surface area contributed by atoms with Gasteiger partial charge in [0.15, 0.2) is 5.96 Å². The highest BCUT2D eigenvalue weighted by atomic mass is 16.5. The number of nitrogens with two attached hydrogens (primary N) is 1. The van der Waals surface area contributed by atoms with Crippen LogP contribution in [0.5, 0.6) is 0 Å². The Bertz CT molecular complexity index is 501. The molecule has 1 fully saturated rings. The van der Waals surface area contributed by atoms with Crippen molar-refractivity contribution in [2.24, 2.45) is 16.1 Å². The van der Waals surface area contributed by atoms with Gasteiger partial charge in [-0.05, 0) is 68.7 Å². The van der Waals surface area contributed by atoms with Gasteiger partial charge in [-0.2, -0.15) is 0 Å². The summed E-state index contributed by atoms with van der Waals surface area (Å²) in [7, 11) is 0. The normalized spacial score (nSPS) is 17.1. The molecule has 0 amide bonds. The second-order valence-corrected chi connectivity index (χ2v) is 6.50. The van der Waals surface area contributed by atoms with Crippen molar-refractivity contribution in [2.45, 2.75) is 46.5 Å². The van der Waals surface area contributed by atoms with Gasteiger partial charge in [-0.15, -0.1) is 0 Å². The van der Waals surface area contributed by atoms with Gasteiger partial charge in [0.05, 0.1) is 0 Å². The Labute approximate surface area is 134 Å². The maximum absolute atomic E-state index is 6.05. The number of anilines is 1. The lowest BCUT2D eigenvalue weighted by Crippen LogP contribution is -2.35. The topological polar surface area (TPSA) is 59.6 Å². The van der Waals surface area contributed by atoms with Gasteiger partial charge < -0.3 is 15.8 Å². The predicted molar refractivity (Wildman–Crippen MR) is 93.4 cm³/mol. The molecule has 2 rings (SSSR count). The SMILES string of the molecule is CCOCCC1(CN=C(N)Nc2cc(C)cc(C)c2)CCC1. The predicted octanol–water partition coefficient (Wildman–Crippen LogP) is 3.63. The summed E-state index contributed by atoms with van der Waals surface area (Å²) in [5.41, 5.74) is 9.82. The average molecular weight is 303 g/mol. The Morgan fingerprint density at radius 1 is 1.27 bits per heavy atom. The Balaban J connectivity index is 1.91. The first-order valence-electron chi connectivity index (χ1n) is 8.26. The van der Waals surface area contributed by atoms with E-state index in [-0.39, 0.29) is 0 Å². The molecule has 1 aliphatic rings. The molecule has 3 N–H and O–H groups in total. The van der Waals surface area contributed by atoms with E-state index in [1.54, 1.807) is 0 Å². The molecule has 1 aromatic rings. The first-order valence-corrected chi connectivity index (χ1v) is 8.26. The molecule has 4 heteroatoms. The van der Waals surface area contributed by atoms with Crippen LogP contribution in [0.25, 0.3) is 0 Å². The van der Waals surface area contributed by atoms with Gasteiger partial charge >= 0.3 is 0 Å². The van der Waals surface area contributed by atoms with Crippen LogP contribution < -0.4 is 11.1 Å². The number of aliphatic imine (C=N–C) groups is 1. The highest BCUT2D eigenvalue weighted by Gasteiger charge is 2.36. The number of nitrogens with one attached hydrogen (secondary N) is 1. The molecule has 0 saturated heterocycles. The van der Waals surface area contributed by atoms with Crippen LogP contribution in [0.3, 0.4) is 0 Å². The highest BCUT2D eigenvalue weighted by Crippen LogP contribution is 2.44. The molecule has 0 atom stereocenters. The highest BCUT2D eigenvalue weighted by molar-refractivity contribution is 5.92. The second kappa shape index (κ2) is 7.63. The van der Waals surface area contributed by atoms with Crippen LogP contribution in [-0.2, 0) is 4.74 Å². The van der Waals surface area contributed by atoms with E-state index >= 15 is 0 Å². The van der Waals surface area contributed by atoms with Crippen LogP contribution in [0.2, 0.25) is 0 Å². The maximum Gasteiger partial charge on any atom is 0.193 e. The van der Waals surface area contributed by atoms with E-state index in [2.05, 4.69) is 42.4 Å². The maximum atomic E-state index is 6.05. The molecule has 22 heavy (non-hydrogen) atoms. The summed E-state index contributed by atoms with van der Waals surface area (Å²) in [6.45, 7) is 8.62. The smallest absolute Gasteiger partial charge is 0.193 e. The number of benzene rings is 1. The van der Waals surface area contributed by atoms with Gasteiger partial charge in [0.1, 0.15) is 0 Å². The lowest BCUT2D eigenvalue weighted by Gasteiger charge is -2.40. The summed E-state index contributed by atoms with van der Waals surface area (Å²) in [5, 5.41) is 3.21. The zero-order valence-electron chi connectivity index (χ0n) is 14.1. The Kier molecular flexibility index (Phi) is 5.83. The van der Waals surface area contributed by atoms with Crippen LogP contribution >= 0.6 is 0 Å². The van der Waals surface area contributed by atoms with Crippen LogP contribution in [0.1, 0.15) is 43.7 Å². The molecule has 0 bridgehead atoms. The molecule has 0 radical (unpaired) electrons. The van der Waals surface area contributed by atoms with E-state index in [0.717, 1.165) is 31.9 Å². The van der Waals surface area contributed by atoms with E-state index in [4.69, 9.17) is 10.5 Å². The standard InChI is InChI=1S/C18H29N3O/c1-4-22-9-8-18(6-5-7-18)13-20-17(19)21-16-11-14(2)10-15(3)12-16/h10-12H,4-9,13H2,1-3H3,(H3,19,20,21). The molecule has 0 spiro atoms. The van der Waals surface area contributed by atoms with Gasteiger partial charge in [-0.25, -0.2) is 0 Å². The number of hydrogen-bond acceptors (Lipinski definition) is 2. The van der Waals surface area contributed by atoms with Crippen molar-refractivity contribution in [1.29, 1.82) is 0 Å². The third-order valence-corrected chi connectivity index (χ3v) is 4.47. The van der Waals surface area contributed by atoms with Gasteiger partial charge in [-0.3, -0.25) is 4.99 Å². The fourth-order valence-corrected chi connectivity index (χ4v) is 3.08. The summed E-state index contributed by atoms with van der Waals surface area (Å²) >= 11 is 0. The fraction of sp³-hybridized carbons (Fsp3) is 0.611. The number of hydrogen-bond donors (Lipinski definition) is 2.